The molecule has 0 amide bonds. The molecular weight excluding hydrogens is 949 g/mol. The first kappa shape index (κ1) is 73.1. The smallest absolute Gasteiger partial charge is 0.306 e. The molecule has 0 heterocycles. The molecule has 0 aliphatic heterocycles. The topological polar surface area (TPSA) is 78.9 Å². The fraction of sp³-hybridized carbons (Fsp3) is 0.704. The predicted molar refractivity (Wildman–Crippen MR) is 334 cm³/mol. The van der Waals surface area contributed by atoms with Crippen LogP contribution in [0.25, 0.3) is 0 Å². The maximum atomic E-state index is 12.9. The van der Waals surface area contributed by atoms with Crippen LogP contribution in [0.4, 0.5) is 0 Å². The van der Waals surface area contributed by atoms with Gasteiger partial charge in [-0.3, -0.25) is 14.4 Å². The van der Waals surface area contributed by atoms with Crippen LogP contribution in [0.15, 0.2) is 109 Å². The molecule has 0 radical (unpaired) electrons. The van der Waals surface area contributed by atoms with Gasteiger partial charge in [0.05, 0.1) is 0 Å². The number of esters is 3. The first-order valence-corrected chi connectivity index (χ1v) is 32.4. The molecule has 0 aromatic heterocycles. The largest absolute Gasteiger partial charge is 0.462 e. The van der Waals surface area contributed by atoms with Crippen molar-refractivity contribution in [3.8, 4) is 0 Å². The Kier molecular flexibility index (Phi) is 61.3. The van der Waals surface area contributed by atoms with E-state index in [1.165, 1.54) is 141 Å². The highest BCUT2D eigenvalue weighted by Crippen LogP contribution is 2.15. The standard InChI is InChI=1S/C71H120O6/c1-4-7-10-13-16-19-22-25-28-30-32-33-34-35-36-37-39-40-43-46-49-52-55-58-61-64-70(73)76-67-68(66-75-69(72)63-60-57-54-51-48-45-42-27-24-21-18-15-12-9-6-3)77-71(74)65-62-59-56-53-50-47-44-41-38-31-29-26-23-20-17-14-11-8-5-2/h7,10,16-17,19-20,25-29,32-33,35-36,39-40,42,68H,4-6,8-9,11-15,18,21-24,30-31,34,37-38,41,43-67H2,1-3H3/b10-7-,19-16-,20-17-,28-25-,29-26-,33-32-,36-35-,40-39-,42-27-. The van der Waals surface area contributed by atoms with Crippen LogP contribution in [0.2, 0.25) is 0 Å². The molecule has 6 nitrogen and oxygen atoms in total. The maximum absolute atomic E-state index is 12.9. The summed E-state index contributed by atoms with van der Waals surface area (Å²) in [5.74, 6) is -0.908. The lowest BCUT2D eigenvalue weighted by Gasteiger charge is -2.18. The van der Waals surface area contributed by atoms with E-state index < -0.39 is 6.10 Å². The van der Waals surface area contributed by atoms with Crippen molar-refractivity contribution in [2.24, 2.45) is 0 Å². The molecule has 0 aromatic rings. The summed E-state index contributed by atoms with van der Waals surface area (Å²) in [5, 5.41) is 0. The highest BCUT2D eigenvalue weighted by Gasteiger charge is 2.19. The van der Waals surface area contributed by atoms with Gasteiger partial charge in [-0.15, -0.1) is 0 Å². The Balaban J connectivity index is 4.41. The number of carbonyl (C=O) groups is 3. The summed E-state index contributed by atoms with van der Waals surface area (Å²) in [6.07, 6.45) is 88.0. The number of ether oxygens (including phenoxy) is 3. The van der Waals surface area contributed by atoms with E-state index in [9.17, 15) is 14.4 Å². The first-order valence-electron chi connectivity index (χ1n) is 32.4. The lowest BCUT2D eigenvalue weighted by atomic mass is 10.1. The second-order valence-corrected chi connectivity index (χ2v) is 21.3. The molecule has 440 valence electrons. The van der Waals surface area contributed by atoms with Gasteiger partial charge in [0.15, 0.2) is 6.10 Å². The van der Waals surface area contributed by atoms with Crippen molar-refractivity contribution in [3.05, 3.63) is 109 Å². The van der Waals surface area contributed by atoms with Crippen molar-refractivity contribution < 1.29 is 28.6 Å². The number of allylic oxidation sites excluding steroid dienone is 18. The molecule has 0 fully saturated rings. The highest BCUT2D eigenvalue weighted by molar-refractivity contribution is 5.71. The van der Waals surface area contributed by atoms with Gasteiger partial charge in [-0.1, -0.05) is 265 Å². The van der Waals surface area contributed by atoms with Crippen molar-refractivity contribution >= 4 is 17.9 Å². The van der Waals surface area contributed by atoms with Gasteiger partial charge in [0.1, 0.15) is 13.2 Å². The van der Waals surface area contributed by atoms with Gasteiger partial charge in [0.25, 0.3) is 0 Å². The first-order chi connectivity index (χ1) is 38.0. The third kappa shape index (κ3) is 62.8. The minimum absolute atomic E-state index is 0.0890. The lowest BCUT2D eigenvalue weighted by Crippen LogP contribution is -2.30. The normalized spacial score (nSPS) is 12.8. The third-order valence-electron chi connectivity index (χ3n) is 13.7. The van der Waals surface area contributed by atoms with Gasteiger partial charge in [0.2, 0.25) is 0 Å². The van der Waals surface area contributed by atoms with Crippen LogP contribution in [-0.4, -0.2) is 37.2 Å². The number of carbonyl (C=O) groups excluding carboxylic acids is 3. The summed E-state index contributed by atoms with van der Waals surface area (Å²) < 4.78 is 16.9. The number of hydrogen-bond donors (Lipinski definition) is 0. The zero-order valence-corrected chi connectivity index (χ0v) is 50.4. The van der Waals surface area contributed by atoms with E-state index in [0.29, 0.717) is 19.3 Å². The van der Waals surface area contributed by atoms with E-state index in [0.717, 1.165) is 122 Å². The van der Waals surface area contributed by atoms with Crippen molar-refractivity contribution in [2.75, 3.05) is 13.2 Å². The zero-order valence-electron chi connectivity index (χ0n) is 50.4. The molecular formula is C71H120O6. The molecule has 1 atom stereocenters. The molecule has 0 spiro atoms. The fourth-order valence-electron chi connectivity index (χ4n) is 8.88. The molecule has 0 aliphatic carbocycles. The van der Waals surface area contributed by atoms with Crippen molar-refractivity contribution in [1.82, 2.24) is 0 Å². The number of unbranched alkanes of at least 4 members (excludes halogenated alkanes) is 29. The van der Waals surface area contributed by atoms with Crippen molar-refractivity contribution in [3.63, 3.8) is 0 Å². The Morgan fingerprint density at radius 3 is 0.831 bits per heavy atom. The molecule has 1 unspecified atom stereocenters. The van der Waals surface area contributed by atoms with Crippen molar-refractivity contribution in [2.45, 2.75) is 309 Å². The Bertz CT molecular complexity index is 1560. The number of hydrogen-bond acceptors (Lipinski definition) is 6. The molecule has 77 heavy (non-hydrogen) atoms. The summed E-state index contributed by atoms with van der Waals surface area (Å²) in [6, 6.07) is 0. The van der Waals surface area contributed by atoms with Crippen LogP contribution in [0.1, 0.15) is 303 Å². The fourth-order valence-corrected chi connectivity index (χ4v) is 8.88. The zero-order chi connectivity index (χ0) is 55.7. The van der Waals surface area contributed by atoms with E-state index in [2.05, 4.69) is 130 Å². The van der Waals surface area contributed by atoms with Gasteiger partial charge >= 0.3 is 17.9 Å². The van der Waals surface area contributed by atoms with Gasteiger partial charge in [-0.2, -0.15) is 0 Å². The molecule has 0 aromatic carbocycles. The monoisotopic (exact) mass is 1070 g/mol. The minimum Gasteiger partial charge on any atom is -0.462 e. The van der Waals surface area contributed by atoms with Gasteiger partial charge in [0, 0.05) is 19.3 Å². The summed E-state index contributed by atoms with van der Waals surface area (Å²) in [5.41, 5.74) is 0. The third-order valence-corrected chi connectivity index (χ3v) is 13.7. The lowest BCUT2D eigenvalue weighted by molar-refractivity contribution is -0.167. The predicted octanol–water partition coefficient (Wildman–Crippen LogP) is 22.2. The maximum Gasteiger partial charge on any atom is 0.306 e. The Morgan fingerprint density at radius 2 is 0.506 bits per heavy atom. The second-order valence-electron chi connectivity index (χ2n) is 21.3. The molecule has 0 N–H and O–H groups in total. The van der Waals surface area contributed by atoms with Crippen LogP contribution < -0.4 is 0 Å². The SMILES string of the molecule is CC/C=C\C/C=C\C/C=C\C/C=C\C/C=C\C/C=C\CCCCCCCCC(=O)OCC(COC(=O)CCCCCCC/C=C\CCCCCCCC)OC(=O)CCCCCCCCCCC/C=C\C/C=C\CCCCC. The van der Waals surface area contributed by atoms with Crippen LogP contribution in [-0.2, 0) is 28.6 Å². The van der Waals surface area contributed by atoms with Crippen LogP contribution in [0, 0.1) is 0 Å². The summed E-state index contributed by atoms with van der Waals surface area (Å²) in [4.78, 5) is 38.4. The molecule has 0 aliphatic rings. The molecule has 0 saturated carbocycles. The van der Waals surface area contributed by atoms with Crippen LogP contribution in [0.5, 0.6) is 0 Å². The summed E-state index contributed by atoms with van der Waals surface area (Å²) in [7, 11) is 0. The summed E-state index contributed by atoms with van der Waals surface area (Å²) in [6.45, 7) is 6.50. The van der Waals surface area contributed by atoms with E-state index in [-0.39, 0.29) is 31.1 Å². The van der Waals surface area contributed by atoms with Gasteiger partial charge < -0.3 is 14.2 Å². The Labute approximate surface area is 476 Å². The molecule has 0 saturated heterocycles. The van der Waals surface area contributed by atoms with Crippen molar-refractivity contribution in [1.29, 1.82) is 0 Å². The average molecular weight is 1070 g/mol. The van der Waals surface area contributed by atoms with Crippen LogP contribution >= 0.6 is 0 Å². The summed E-state index contributed by atoms with van der Waals surface area (Å²) >= 11 is 0. The van der Waals surface area contributed by atoms with E-state index >= 15 is 0 Å². The van der Waals surface area contributed by atoms with E-state index in [1.54, 1.807) is 0 Å². The molecule has 0 bridgehead atoms. The van der Waals surface area contributed by atoms with E-state index in [4.69, 9.17) is 14.2 Å². The quantitative estimate of drug-likeness (QED) is 0.0261. The Morgan fingerprint density at radius 1 is 0.273 bits per heavy atom. The number of rotatable bonds is 58. The van der Waals surface area contributed by atoms with Gasteiger partial charge in [-0.25, -0.2) is 0 Å². The van der Waals surface area contributed by atoms with Gasteiger partial charge in [-0.05, 0) is 128 Å². The highest BCUT2D eigenvalue weighted by atomic mass is 16.6. The molecule has 0 rings (SSSR count). The molecule has 6 heteroatoms. The second kappa shape index (κ2) is 64.6. The van der Waals surface area contributed by atoms with Crippen LogP contribution in [0.3, 0.4) is 0 Å². The Hall–Kier alpha value is -3.93. The average Bonchev–Trinajstić information content (AvgIpc) is 3.43. The van der Waals surface area contributed by atoms with E-state index in [1.807, 2.05) is 0 Å². The minimum atomic E-state index is -0.793.